The van der Waals surface area contributed by atoms with Gasteiger partial charge in [0.05, 0.1) is 4.90 Å². The number of hydrogen-bond acceptors (Lipinski definition) is 3. The van der Waals surface area contributed by atoms with Gasteiger partial charge in [-0.1, -0.05) is 48.5 Å². The van der Waals surface area contributed by atoms with Crippen LogP contribution in [-0.2, 0) is 10.0 Å². The van der Waals surface area contributed by atoms with Gasteiger partial charge in [0.1, 0.15) is 0 Å². The van der Waals surface area contributed by atoms with Gasteiger partial charge in [-0.15, -0.1) is 0 Å². The number of carbonyl (C=O) groups is 1. The molecule has 0 amide bonds. The Kier molecular flexibility index (Phi) is 4.59. The molecular weight excluding hydrogens is 310 g/mol. The first-order chi connectivity index (χ1) is 11.1. The molecule has 120 valence electrons. The third-order valence-electron chi connectivity index (χ3n) is 4.26. The van der Waals surface area contributed by atoms with Crippen LogP contribution in [0.15, 0.2) is 65.6 Å². The summed E-state index contributed by atoms with van der Waals surface area (Å²) >= 11 is 0. The zero-order chi connectivity index (χ0) is 16.3. The summed E-state index contributed by atoms with van der Waals surface area (Å²) in [5.41, 5.74) is 0.705. The number of benzene rings is 2. The SMILES string of the molecule is O=C(c1ccccc1)C1CCN(S(=O)(=O)c2ccccc2)CC1. The fourth-order valence-corrected chi connectivity index (χ4v) is 4.43. The molecule has 5 heteroatoms. The van der Waals surface area contributed by atoms with Crippen molar-refractivity contribution >= 4 is 15.8 Å². The van der Waals surface area contributed by atoms with E-state index in [-0.39, 0.29) is 11.7 Å². The molecule has 0 radical (unpaired) electrons. The van der Waals surface area contributed by atoms with Gasteiger partial charge < -0.3 is 0 Å². The lowest BCUT2D eigenvalue weighted by molar-refractivity contribution is 0.0875. The van der Waals surface area contributed by atoms with Crippen LogP contribution in [0.2, 0.25) is 0 Å². The number of ketones is 1. The molecule has 0 saturated carbocycles. The van der Waals surface area contributed by atoms with Crippen LogP contribution in [0, 0.1) is 5.92 Å². The Bertz CT molecular complexity index is 764. The quantitative estimate of drug-likeness (QED) is 0.810. The zero-order valence-corrected chi connectivity index (χ0v) is 13.6. The van der Waals surface area contributed by atoms with E-state index < -0.39 is 10.0 Å². The third-order valence-corrected chi connectivity index (χ3v) is 6.18. The van der Waals surface area contributed by atoms with E-state index in [4.69, 9.17) is 0 Å². The second-order valence-electron chi connectivity index (χ2n) is 5.72. The molecule has 2 aromatic carbocycles. The van der Waals surface area contributed by atoms with Crippen molar-refractivity contribution in [3.05, 3.63) is 66.2 Å². The van der Waals surface area contributed by atoms with Crippen molar-refractivity contribution in [3.8, 4) is 0 Å². The van der Waals surface area contributed by atoms with Crippen molar-refractivity contribution in [1.29, 1.82) is 0 Å². The van der Waals surface area contributed by atoms with Crippen LogP contribution in [-0.4, -0.2) is 31.6 Å². The minimum absolute atomic E-state index is 0.0976. The maximum atomic E-state index is 12.6. The molecule has 1 aliphatic heterocycles. The minimum atomic E-state index is -3.45. The van der Waals surface area contributed by atoms with Crippen molar-refractivity contribution in [3.63, 3.8) is 0 Å². The van der Waals surface area contributed by atoms with Crippen molar-refractivity contribution in [2.24, 2.45) is 5.92 Å². The summed E-state index contributed by atoms with van der Waals surface area (Å²) in [6.45, 7) is 0.779. The molecule has 1 heterocycles. The number of sulfonamides is 1. The fourth-order valence-electron chi connectivity index (χ4n) is 2.94. The topological polar surface area (TPSA) is 54.5 Å². The Labute approximate surface area is 136 Å². The van der Waals surface area contributed by atoms with Gasteiger partial charge in [-0.05, 0) is 25.0 Å². The Morgan fingerprint density at radius 3 is 1.96 bits per heavy atom. The molecular formula is C18H19NO3S. The van der Waals surface area contributed by atoms with Crippen LogP contribution >= 0.6 is 0 Å². The maximum Gasteiger partial charge on any atom is 0.243 e. The number of rotatable bonds is 4. The van der Waals surface area contributed by atoms with Gasteiger partial charge in [0, 0.05) is 24.6 Å². The zero-order valence-electron chi connectivity index (χ0n) is 12.8. The monoisotopic (exact) mass is 329 g/mol. The van der Waals surface area contributed by atoms with E-state index in [0.717, 1.165) is 0 Å². The van der Waals surface area contributed by atoms with Gasteiger partial charge in [0.25, 0.3) is 0 Å². The first kappa shape index (κ1) is 15.9. The van der Waals surface area contributed by atoms with E-state index in [9.17, 15) is 13.2 Å². The van der Waals surface area contributed by atoms with Gasteiger partial charge in [-0.2, -0.15) is 4.31 Å². The number of hydrogen-bond donors (Lipinski definition) is 0. The standard InChI is InChI=1S/C18H19NO3S/c20-18(15-7-3-1-4-8-15)16-11-13-19(14-12-16)23(21,22)17-9-5-2-6-10-17/h1-10,16H,11-14H2. The molecule has 0 bridgehead atoms. The molecule has 0 aliphatic carbocycles. The van der Waals surface area contributed by atoms with Crippen LogP contribution in [0.25, 0.3) is 0 Å². The summed E-state index contributed by atoms with van der Waals surface area (Å²) in [5.74, 6) is 0.0157. The highest BCUT2D eigenvalue weighted by molar-refractivity contribution is 7.89. The van der Waals surface area contributed by atoms with Crippen molar-refractivity contribution in [1.82, 2.24) is 4.31 Å². The molecule has 4 nitrogen and oxygen atoms in total. The Morgan fingerprint density at radius 2 is 1.39 bits per heavy atom. The molecule has 0 N–H and O–H groups in total. The summed E-state index contributed by atoms with van der Waals surface area (Å²) in [7, 11) is -3.45. The Morgan fingerprint density at radius 1 is 0.870 bits per heavy atom. The number of nitrogens with zero attached hydrogens (tertiary/aromatic N) is 1. The normalized spacial score (nSPS) is 17.0. The number of Topliss-reactive ketones (excluding diaryl/α,β-unsaturated/α-hetero) is 1. The second kappa shape index (κ2) is 6.64. The van der Waals surface area contributed by atoms with Crippen molar-refractivity contribution in [2.75, 3.05) is 13.1 Å². The Hall–Kier alpha value is -1.98. The van der Waals surface area contributed by atoms with Gasteiger partial charge in [0.2, 0.25) is 10.0 Å². The lowest BCUT2D eigenvalue weighted by Gasteiger charge is -2.30. The largest absolute Gasteiger partial charge is 0.294 e. The molecule has 1 saturated heterocycles. The minimum Gasteiger partial charge on any atom is -0.294 e. The van der Waals surface area contributed by atoms with E-state index in [1.807, 2.05) is 30.3 Å². The second-order valence-corrected chi connectivity index (χ2v) is 7.66. The van der Waals surface area contributed by atoms with Crippen molar-refractivity contribution in [2.45, 2.75) is 17.7 Å². The van der Waals surface area contributed by atoms with Gasteiger partial charge in [0.15, 0.2) is 5.78 Å². The highest BCUT2D eigenvalue weighted by atomic mass is 32.2. The fraction of sp³-hybridized carbons (Fsp3) is 0.278. The third kappa shape index (κ3) is 3.35. The summed E-state index contributed by atoms with van der Waals surface area (Å²) in [5, 5.41) is 0. The first-order valence-corrected chi connectivity index (χ1v) is 9.17. The van der Waals surface area contributed by atoms with Crippen LogP contribution < -0.4 is 0 Å². The van der Waals surface area contributed by atoms with E-state index in [1.165, 1.54) is 4.31 Å². The highest BCUT2D eigenvalue weighted by Gasteiger charge is 2.32. The van der Waals surface area contributed by atoms with Crippen LogP contribution in [0.4, 0.5) is 0 Å². The van der Waals surface area contributed by atoms with Crippen molar-refractivity contribution < 1.29 is 13.2 Å². The average Bonchev–Trinajstić information content (AvgIpc) is 2.63. The molecule has 1 fully saturated rings. The molecule has 23 heavy (non-hydrogen) atoms. The predicted molar refractivity (Wildman–Crippen MR) is 88.7 cm³/mol. The first-order valence-electron chi connectivity index (χ1n) is 7.73. The van der Waals surface area contributed by atoms with Gasteiger partial charge >= 0.3 is 0 Å². The summed E-state index contributed by atoms with van der Waals surface area (Å²) in [4.78, 5) is 12.8. The molecule has 0 spiro atoms. The van der Waals surface area contributed by atoms with Crippen LogP contribution in [0.5, 0.6) is 0 Å². The summed E-state index contributed by atoms with van der Waals surface area (Å²) < 4.78 is 26.6. The number of piperidine rings is 1. The molecule has 1 aliphatic rings. The van der Waals surface area contributed by atoms with E-state index in [2.05, 4.69) is 0 Å². The molecule has 2 aromatic rings. The van der Waals surface area contributed by atoms with Crippen LogP contribution in [0.1, 0.15) is 23.2 Å². The van der Waals surface area contributed by atoms with Gasteiger partial charge in [-0.3, -0.25) is 4.79 Å². The molecule has 0 aromatic heterocycles. The van der Waals surface area contributed by atoms with Gasteiger partial charge in [-0.25, -0.2) is 8.42 Å². The smallest absolute Gasteiger partial charge is 0.243 e. The van der Waals surface area contributed by atoms with E-state index in [0.29, 0.717) is 36.4 Å². The molecule has 0 unspecified atom stereocenters. The summed E-state index contributed by atoms with van der Waals surface area (Å²) in [6.07, 6.45) is 1.14. The molecule has 0 atom stereocenters. The van der Waals surface area contributed by atoms with Crippen LogP contribution in [0.3, 0.4) is 0 Å². The maximum absolute atomic E-state index is 12.6. The Balaban J connectivity index is 1.68. The lowest BCUT2D eigenvalue weighted by atomic mass is 9.90. The molecule has 3 rings (SSSR count). The predicted octanol–water partition coefficient (Wildman–Crippen LogP) is 2.97. The highest BCUT2D eigenvalue weighted by Crippen LogP contribution is 2.26. The lowest BCUT2D eigenvalue weighted by Crippen LogP contribution is -2.40. The average molecular weight is 329 g/mol. The van der Waals surface area contributed by atoms with E-state index >= 15 is 0 Å². The van der Waals surface area contributed by atoms with E-state index in [1.54, 1.807) is 30.3 Å². The summed E-state index contributed by atoms with van der Waals surface area (Å²) in [6, 6.07) is 17.7. The number of carbonyl (C=O) groups excluding carboxylic acids is 1.